The third kappa shape index (κ3) is 3.25. The number of aliphatic hydroxyl groups is 1. The third-order valence-corrected chi connectivity index (χ3v) is 4.39. The van der Waals surface area contributed by atoms with E-state index in [1.165, 1.54) is 0 Å². The van der Waals surface area contributed by atoms with Gasteiger partial charge in [0.15, 0.2) is 0 Å². The molecule has 1 N–H and O–H groups in total. The minimum Gasteiger partial charge on any atom is -0.388 e. The van der Waals surface area contributed by atoms with Crippen molar-refractivity contribution in [2.45, 2.75) is 26.4 Å². The van der Waals surface area contributed by atoms with Crippen LogP contribution in [0.2, 0.25) is 5.02 Å². The van der Waals surface area contributed by atoms with Gasteiger partial charge in [-0.1, -0.05) is 43.6 Å². The highest BCUT2D eigenvalue weighted by atomic mass is 35.5. The normalized spacial score (nSPS) is 26.4. The zero-order chi connectivity index (χ0) is 13.1. The van der Waals surface area contributed by atoms with Crippen molar-refractivity contribution in [3.05, 3.63) is 34.9 Å². The first kappa shape index (κ1) is 13.9. The lowest BCUT2D eigenvalue weighted by Crippen LogP contribution is -2.23. The van der Waals surface area contributed by atoms with Gasteiger partial charge in [-0.25, -0.2) is 0 Å². The predicted octanol–water partition coefficient (Wildman–Crippen LogP) is 3.35. The molecule has 0 saturated carbocycles. The average Bonchev–Trinajstić information content (AvgIpc) is 2.66. The monoisotopic (exact) mass is 267 g/mol. The molecule has 1 aliphatic rings. The van der Waals surface area contributed by atoms with Crippen molar-refractivity contribution in [2.24, 2.45) is 11.8 Å². The average molecular weight is 268 g/mol. The molecule has 2 nitrogen and oxygen atoms in total. The molecule has 1 aliphatic heterocycles. The summed E-state index contributed by atoms with van der Waals surface area (Å²) >= 11 is 6.09. The second-order valence-electron chi connectivity index (χ2n) is 5.54. The highest BCUT2D eigenvalue weighted by molar-refractivity contribution is 6.31. The summed E-state index contributed by atoms with van der Waals surface area (Å²) in [7, 11) is 0. The SMILES string of the molecule is CC1CN(CCC(O)c2ccccc2Cl)CC1C. The first-order chi connectivity index (χ1) is 8.58. The summed E-state index contributed by atoms with van der Waals surface area (Å²) in [5.74, 6) is 1.53. The molecule has 18 heavy (non-hydrogen) atoms. The summed E-state index contributed by atoms with van der Waals surface area (Å²) in [4.78, 5) is 2.44. The van der Waals surface area contributed by atoms with Crippen LogP contribution in [-0.2, 0) is 0 Å². The fourth-order valence-electron chi connectivity index (χ4n) is 2.64. The number of benzene rings is 1. The molecular weight excluding hydrogens is 246 g/mol. The Morgan fingerprint density at radius 2 is 1.89 bits per heavy atom. The highest BCUT2D eigenvalue weighted by Crippen LogP contribution is 2.27. The van der Waals surface area contributed by atoms with Crippen molar-refractivity contribution in [2.75, 3.05) is 19.6 Å². The fourth-order valence-corrected chi connectivity index (χ4v) is 2.90. The van der Waals surface area contributed by atoms with Crippen molar-refractivity contribution in [3.63, 3.8) is 0 Å². The molecule has 1 fully saturated rings. The van der Waals surface area contributed by atoms with Crippen LogP contribution in [0.5, 0.6) is 0 Å². The van der Waals surface area contributed by atoms with Crippen LogP contribution in [0.15, 0.2) is 24.3 Å². The molecule has 0 aromatic heterocycles. The van der Waals surface area contributed by atoms with E-state index < -0.39 is 6.10 Å². The topological polar surface area (TPSA) is 23.5 Å². The first-order valence-corrected chi connectivity index (χ1v) is 7.10. The van der Waals surface area contributed by atoms with E-state index in [0.29, 0.717) is 5.02 Å². The molecule has 100 valence electrons. The quantitative estimate of drug-likeness (QED) is 0.904. The van der Waals surface area contributed by atoms with Crippen molar-refractivity contribution < 1.29 is 5.11 Å². The van der Waals surface area contributed by atoms with E-state index in [-0.39, 0.29) is 0 Å². The standard InChI is InChI=1S/C15H22ClNO/c1-11-9-17(10-12(11)2)8-7-15(18)13-5-3-4-6-14(13)16/h3-6,11-12,15,18H,7-10H2,1-2H3. The summed E-state index contributed by atoms with van der Waals surface area (Å²) in [6, 6.07) is 7.55. The molecular formula is C15H22ClNO. The van der Waals surface area contributed by atoms with E-state index in [1.807, 2.05) is 24.3 Å². The highest BCUT2D eigenvalue weighted by Gasteiger charge is 2.26. The number of aliphatic hydroxyl groups excluding tert-OH is 1. The Morgan fingerprint density at radius 3 is 2.50 bits per heavy atom. The lowest BCUT2D eigenvalue weighted by molar-refractivity contribution is 0.147. The molecule has 3 atom stereocenters. The first-order valence-electron chi connectivity index (χ1n) is 6.72. The van der Waals surface area contributed by atoms with E-state index in [2.05, 4.69) is 18.7 Å². The van der Waals surface area contributed by atoms with Gasteiger partial charge in [0.2, 0.25) is 0 Å². The molecule has 1 saturated heterocycles. The molecule has 3 heteroatoms. The van der Waals surface area contributed by atoms with Crippen LogP contribution < -0.4 is 0 Å². The van der Waals surface area contributed by atoms with Crippen LogP contribution in [0.25, 0.3) is 0 Å². The molecule has 1 heterocycles. The lowest BCUT2D eigenvalue weighted by Gasteiger charge is -2.18. The molecule has 0 spiro atoms. The molecule has 1 aromatic carbocycles. The van der Waals surface area contributed by atoms with Crippen molar-refractivity contribution in [1.29, 1.82) is 0 Å². The molecule has 0 amide bonds. The van der Waals surface area contributed by atoms with Gasteiger partial charge in [0.05, 0.1) is 6.10 Å². The van der Waals surface area contributed by atoms with Crippen LogP contribution in [-0.4, -0.2) is 29.6 Å². The maximum absolute atomic E-state index is 10.2. The van der Waals surface area contributed by atoms with Crippen molar-refractivity contribution >= 4 is 11.6 Å². The van der Waals surface area contributed by atoms with Crippen molar-refractivity contribution in [3.8, 4) is 0 Å². The van der Waals surface area contributed by atoms with Crippen LogP contribution in [0.4, 0.5) is 0 Å². The Labute approximate surface area is 115 Å². The summed E-state index contributed by atoms with van der Waals surface area (Å²) in [5.41, 5.74) is 0.847. The van der Waals surface area contributed by atoms with Gasteiger partial charge in [-0.2, -0.15) is 0 Å². The van der Waals surface area contributed by atoms with E-state index in [1.54, 1.807) is 0 Å². The van der Waals surface area contributed by atoms with Gasteiger partial charge in [0.1, 0.15) is 0 Å². The molecule has 0 aliphatic carbocycles. The van der Waals surface area contributed by atoms with E-state index in [4.69, 9.17) is 11.6 Å². The lowest BCUT2D eigenvalue weighted by atomic mass is 10.0. The summed E-state index contributed by atoms with van der Waals surface area (Å²) in [5, 5.41) is 10.8. The summed E-state index contributed by atoms with van der Waals surface area (Å²) in [6.07, 6.45) is 0.299. The van der Waals surface area contributed by atoms with E-state index in [0.717, 1.165) is 43.5 Å². The number of hydrogen-bond acceptors (Lipinski definition) is 2. The third-order valence-electron chi connectivity index (χ3n) is 4.05. The fraction of sp³-hybridized carbons (Fsp3) is 0.600. The second-order valence-corrected chi connectivity index (χ2v) is 5.95. The number of halogens is 1. The van der Waals surface area contributed by atoms with Gasteiger partial charge in [-0.3, -0.25) is 0 Å². The van der Waals surface area contributed by atoms with E-state index >= 15 is 0 Å². The zero-order valence-electron chi connectivity index (χ0n) is 11.1. The Balaban J connectivity index is 1.86. The number of hydrogen-bond donors (Lipinski definition) is 1. The number of likely N-dealkylation sites (tertiary alicyclic amines) is 1. The Morgan fingerprint density at radius 1 is 1.28 bits per heavy atom. The Bertz CT molecular complexity index is 386. The minimum absolute atomic E-state index is 0.454. The smallest absolute Gasteiger partial charge is 0.0816 e. The molecule has 3 unspecified atom stereocenters. The van der Waals surface area contributed by atoms with Crippen LogP contribution in [0.1, 0.15) is 31.9 Å². The number of rotatable bonds is 4. The molecule has 0 radical (unpaired) electrons. The van der Waals surface area contributed by atoms with Gasteiger partial charge in [-0.05, 0) is 29.9 Å². The second kappa shape index (κ2) is 6.05. The Hall–Kier alpha value is -0.570. The van der Waals surface area contributed by atoms with Gasteiger partial charge in [0.25, 0.3) is 0 Å². The van der Waals surface area contributed by atoms with Crippen LogP contribution >= 0.6 is 11.6 Å². The van der Waals surface area contributed by atoms with Gasteiger partial charge in [0, 0.05) is 24.7 Å². The molecule has 1 aromatic rings. The maximum Gasteiger partial charge on any atom is 0.0816 e. The molecule has 0 bridgehead atoms. The van der Waals surface area contributed by atoms with Gasteiger partial charge < -0.3 is 10.0 Å². The van der Waals surface area contributed by atoms with E-state index in [9.17, 15) is 5.11 Å². The van der Waals surface area contributed by atoms with Crippen molar-refractivity contribution in [1.82, 2.24) is 4.90 Å². The Kier molecular flexibility index (Phi) is 4.66. The maximum atomic E-state index is 10.2. The van der Waals surface area contributed by atoms with Gasteiger partial charge >= 0.3 is 0 Å². The van der Waals surface area contributed by atoms with Crippen LogP contribution in [0, 0.1) is 11.8 Å². The van der Waals surface area contributed by atoms with Gasteiger partial charge in [-0.15, -0.1) is 0 Å². The zero-order valence-corrected chi connectivity index (χ0v) is 11.9. The minimum atomic E-state index is -0.454. The largest absolute Gasteiger partial charge is 0.388 e. The summed E-state index contributed by atoms with van der Waals surface area (Å²) < 4.78 is 0. The molecule has 2 rings (SSSR count). The van der Waals surface area contributed by atoms with Crippen LogP contribution in [0.3, 0.4) is 0 Å². The predicted molar refractivity (Wildman–Crippen MR) is 75.8 cm³/mol. The number of nitrogens with zero attached hydrogens (tertiary/aromatic N) is 1. The summed E-state index contributed by atoms with van der Waals surface area (Å²) in [6.45, 7) is 7.85.